The first-order chi connectivity index (χ1) is 1.73. The predicted octanol–water partition coefficient (Wildman–Crippen LogP) is -1.36. The van der Waals surface area contributed by atoms with E-state index in [-0.39, 0.29) is 28.0 Å². The molecule has 0 amide bonds. The predicted molar refractivity (Wildman–Crippen MR) is 24.6 cm³/mol. The molecule has 2 nitrogen and oxygen atoms in total. The van der Waals surface area contributed by atoms with Crippen molar-refractivity contribution in [2.75, 3.05) is 0 Å². The third-order valence-electron chi connectivity index (χ3n) is 0. The average molecular weight is 156 g/mol. The van der Waals surface area contributed by atoms with Gasteiger partial charge in [0.05, 0.1) is 0 Å². The Morgan fingerprint density at radius 3 is 1.67 bits per heavy atom. The smallest absolute Gasteiger partial charge is 0.300 e. The number of carboxylic acids is 1. The van der Waals surface area contributed by atoms with Crippen molar-refractivity contribution < 1.29 is 27.0 Å². The third-order valence-corrected chi connectivity index (χ3v) is 0. The standard InChI is InChI=1S/C2H4O2.Cu.H4Si/c1-2(3)4;;/h1H3,(H,3,4);;1H4. The summed E-state index contributed by atoms with van der Waals surface area (Å²) in [7, 11) is 0. The summed E-state index contributed by atoms with van der Waals surface area (Å²) in [6, 6.07) is 0. The molecule has 0 spiro atoms. The second-order valence-electron chi connectivity index (χ2n) is 0.519. The number of carboxylic acid groups (broad SMARTS) is 1. The fourth-order valence-electron chi connectivity index (χ4n) is 0. The van der Waals surface area contributed by atoms with Gasteiger partial charge in [0.15, 0.2) is 0 Å². The van der Waals surface area contributed by atoms with Crippen LogP contribution in [0.4, 0.5) is 0 Å². The number of hydrogen-bond acceptors (Lipinski definition) is 1. The molecule has 0 aliphatic carbocycles. The van der Waals surface area contributed by atoms with E-state index in [2.05, 4.69) is 0 Å². The summed E-state index contributed by atoms with van der Waals surface area (Å²) in [6.45, 7) is 1.08. The third kappa shape index (κ3) is 1020. The molecule has 0 aliphatic rings. The van der Waals surface area contributed by atoms with Crippen molar-refractivity contribution in [3.05, 3.63) is 0 Å². The molecule has 0 aliphatic heterocycles. The molecule has 1 N–H and O–H groups in total. The van der Waals surface area contributed by atoms with E-state index >= 15 is 0 Å². The first kappa shape index (κ1) is 16.4. The van der Waals surface area contributed by atoms with Gasteiger partial charge in [0.1, 0.15) is 0 Å². The summed E-state index contributed by atoms with van der Waals surface area (Å²) in [4.78, 5) is 9.00. The van der Waals surface area contributed by atoms with Crippen LogP contribution in [0, 0.1) is 0 Å². The molecule has 6 heavy (non-hydrogen) atoms. The van der Waals surface area contributed by atoms with Gasteiger partial charge in [-0.3, -0.25) is 4.79 Å². The van der Waals surface area contributed by atoms with E-state index in [1.807, 2.05) is 0 Å². The van der Waals surface area contributed by atoms with E-state index in [0.29, 0.717) is 0 Å². The van der Waals surface area contributed by atoms with Crippen LogP contribution in [0.3, 0.4) is 0 Å². The molecule has 0 saturated carbocycles. The Hall–Kier alpha value is 0.206. The fourth-order valence-corrected chi connectivity index (χ4v) is 0. The molecule has 0 unspecified atom stereocenters. The summed E-state index contributed by atoms with van der Waals surface area (Å²) in [5, 5.41) is 7.42. The Morgan fingerprint density at radius 2 is 1.67 bits per heavy atom. The van der Waals surface area contributed by atoms with Gasteiger partial charge in [-0.15, -0.1) is 0 Å². The molecular weight excluding hydrogens is 148 g/mol. The molecule has 0 aromatic rings. The van der Waals surface area contributed by atoms with Crippen LogP contribution in [0.25, 0.3) is 0 Å². The molecule has 0 rings (SSSR count). The van der Waals surface area contributed by atoms with Gasteiger partial charge in [0.25, 0.3) is 5.97 Å². The topological polar surface area (TPSA) is 37.3 Å². The second-order valence-corrected chi connectivity index (χ2v) is 0.519. The normalized spacial score (nSPS) is 4.17. The zero-order valence-corrected chi connectivity index (χ0v) is 3.60. The SMILES string of the molecule is CC(=O)O.[Cu].[SiH4]. The van der Waals surface area contributed by atoms with Gasteiger partial charge in [0.2, 0.25) is 0 Å². The molecule has 0 aromatic heterocycles. The largest absolute Gasteiger partial charge is 0.481 e. The van der Waals surface area contributed by atoms with E-state index in [0.717, 1.165) is 6.92 Å². The monoisotopic (exact) mass is 155 g/mol. The van der Waals surface area contributed by atoms with Gasteiger partial charge < -0.3 is 5.11 Å². The zero-order valence-electron chi connectivity index (χ0n) is 2.66. The Labute approximate surface area is 51.4 Å². The first-order valence-electron chi connectivity index (χ1n) is 0.928. The minimum absolute atomic E-state index is 0. The van der Waals surface area contributed by atoms with Crippen molar-refractivity contribution in [1.82, 2.24) is 0 Å². The summed E-state index contributed by atoms with van der Waals surface area (Å²) in [6.07, 6.45) is 0. The number of hydrogen-bond donors (Lipinski definition) is 1. The van der Waals surface area contributed by atoms with Crippen LogP contribution >= 0.6 is 0 Å². The van der Waals surface area contributed by atoms with Gasteiger partial charge in [-0.2, -0.15) is 0 Å². The van der Waals surface area contributed by atoms with E-state index in [9.17, 15) is 0 Å². The van der Waals surface area contributed by atoms with Gasteiger partial charge in [-0.25, -0.2) is 0 Å². The van der Waals surface area contributed by atoms with E-state index < -0.39 is 5.97 Å². The minimum Gasteiger partial charge on any atom is -0.481 e. The van der Waals surface area contributed by atoms with Crippen LogP contribution in [0.15, 0.2) is 0 Å². The molecular formula is C2H8CuO2Si. The van der Waals surface area contributed by atoms with Crippen LogP contribution < -0.4 is 0 Å². The zero-order chi connectivity index (χ0) is 3.58. The van der Waals surface area contributed by atoms with Crippen molar-refractivity contribution in [2.45, 2.75) is 6.92 Å². The van der Waals surface area contributed by atoms with Crippen molar-refractivity contribution in [2.24, 2.45) is 0 Å². The Morgan fingerprint density at radius 1 is 1.67 bits per heavy atom. The van der Waals surface area contributed by atoms with Crippen LogP contribution in [0.2, 0.25) is 0 Å². The molecule has 0 atom stereocenters. The number of aliphatic carboxylic acids is 1. The minimum atomic E-state index is -0.833. The summed E-state index contributed by atoms with van der Waals surface area (Å²) in [5.74, 6) is -0.833. The van der Waals surface area contributed by atoms with Crippen molar-refractivity contribution in [1.29, 1.82) is 0 Å². The van der Waals surface area contributed by atoms with E-state index in [1.54, 1.807) is 0 Å². The first-order valence-corrected chi connectivity index (χ1v) is 0.928. The number of carbonyl (C=O) groups is 1. The maximum absolute atomic E-state index is 9.00. The average Bonchev–Trinajstić information content (AvgIpc) is 0.811. The molecule has 0 fully saturated rings. The van der Waals surface area contributed by atoms with Crippen LogP contribution in [0.5, 0.6) is 0 Å². The summed E-state index contributed by atoms with van der Waals surface area (Å²) < 4.78 is 0. The van der Waals surface area contributed by atoms with Crippen molar-refractivity contribution in [3.8, 4) is 0 Å². The Bertz CT molecular complexity index is 34.5. The van der Waals surface area contributed by atoms with Gasteiger partial charge in [-0.05, 0) is 11.0 Å². The fraction of sp³-hybridized carbons (Fsp3) is 0.500. The molecule has 0 aromatic carbocycles. The Balaban J connectivity index is -0.0000000450. The molecule has 1 radical (unpaired) electrons. The molecule has 43 valence electrons. The second kappa shape index (κ2) is 8.96. The number of rotatable bonds is 0. The quantitative estimate of drug-likeness (QED) is 0.439. The van der Waals surface area contributed by atoms with Crippen molar-refractivity contribution in [3.63, 3.8) is 0 Å². The van der Waals surface area contributed by atoms with Gasteiger partial charge in [-0.1, -0.05) is 0 Å². The maximum Gasteiger partial charge on any atom is 0.300 e. The van der Waals surface area contributed by atoms with E-state index in [4.69, 9.17) is 9.90 Å². The van der Waals surface area contributed by atoms with Gasteiger partial charge in [0, 0.05) is 24.0 Å². The maximum atomic E-state index is 9.00. The summed E-state index contributed by atoms with van der Waals surface area (Å²) in [5.41, 5.74) is 0. The van der Waals surface area contributed by atoms with Crippen LogP contribution in [-0.4, -0.2) is 22.0 Å². The van der Waals surface area contributed by atoms with E-state index in [1.165, 1.54) is 0 Å². The van der Waals surface area contributed by atoms with Crippen LogP contribution in [0.1, 0.15) is 6.92 Å². The molecule has 4 heteroatoms. The van der Waals surface area contributed by atoms with Crippen molar-refractivity contribution >= 4 is 16.9 Å². The molecule has 0 bridgehead atoms. The summed E-state index contributed by atoms with van der Waals surface area (Å²) >= 11 is 0. The molecule has 0 heterocycles. The Kier molecular flexibility index (Phi) is 24.4. The van der Waals surface area contributed by atoms with Gasteiger partial charge >= 0.3 is 0 Å². The van der Waals surface area contributed by atoms with Crippen LogP contribution in [-0.2, 0) is 21.9 Å². The molecule has 0 saturated heterocycles.